The van der Waals surface area contributed by atoms with E-state index in [-0.39, 0.29) is 17.1 Å². The van der Waals surface area contributed by atoms with Gasteiger partial charge in [-0.15, -0.1) is 0 Å². The molecule has 33 heavy (non-hydrogen) atoms. The molecular weight excluding hydrogens is 430 g/mol. The lowest BCUT2D eigenvalue weighted by atomic mass is 9.68. The van der Waals surface area contributed by atoms with Crippen LogP contribution in [0.3, 0.4) is 0 Å². The van der Waals surface area contributed by atoms with Gasteiger partial charge in [-0.2, -0.15) is 0 Å². The summed E-state index contributed by atoms with van der Waals surface area (Å²) in [6.07, 6.45) is 1.25. The van der Waals surface area contributed by atoms with Crippen LogP contribution in [0.25, 0.3) is 10.2 Å². The van der Waals surface area contributed by atoms with E-state index in [9.17, 15) is 9.59 Å². The minimum Gasteiger partial charge on any atom is -0.362 e. The third-order valence-corrected chi connectivity index (χ3v) is 7.36. The van der Waals surface area contributed by atoms with Crippen LogP contribution in [0.5, 0.6) is 0 Å². The number of thiazole rings is 1. The number of carbonyl (C=O) groups is 2. The fourth-order valence-corrected chi connectivity index (χ4v) is 5.78. The zero-order valence-electron chi connectivity index (χ0n) is 19.3. The summed E-state index contributed by atoms with van der Waals surface area (Å²) in [5.74, 6) is -0.522. The van der Waals surface area contributed by atoms with Crippen molar-refractivity contribution >= 4 is 38.4 Å². The summed E-state index contributed by atoms with van der Waals surface area (Å²) in [6.45, 7) is 8.19. The summed E-state index contributed by atoms with van der Waals surface area (Å²) in [7, 11) is 0. The van der Waals surface area contributed by atoms with Crippen LogP contribution in [-0.4, -0.2) is 16.7 Å². The Morgan fingerprint density at radius 3 is 2.55 bits per heavy atom. The van der Waals surface area contributed by atoms with Crippen LogP contribution in [0, 0.1) is 12.3 Å². The molecule has 3 aromatic rings. The van der Waals surface area contributed by atoms with Gasteiger partial charge in [0.1, 0.15) is 0 Å². The second-order valence-electron chi connectivity index (χ2n) is 9.78. The van der Waals surface area contributed by atoms with Gasteiger partial charge in [-0.05, 0) is 43.4 Å². The van der Waals surface area contributed by atoms with Crippen LogP contribution < -0.4 is 10.6 Å². The Morgan fingerprint density at radius 1 is 1.09 bits per heavy atom. The maximum absolute atomic E-state index is 13.6. The van der Waals surface area contributed by atoms with Crippen molar-refractivity contribution in [3.05, 3.63) is 82.2 Å². The normalized spacial score (nSPS) is 20.0. The van der Waals surface area contributed by atoms with Gasteiger partial charge in [-0.1, -0.05) is 67.1 Å². The van der Waals surface area contributed by atoms with Gasteiger partial charge in [0.25, 0.3) is 5.91 Å². The zero-order chi connectivity index (χ0) is 23.3. The number of fused-ring (bicyclic) bond motifs is 1. The second-order valence-corrected chi connectivity index (χ2v) is 10.8. The number of Topliss-reactive ketones (excluding diaryl/α,β-unsaturated/α-hetero) is 1. The monoisotopic (exact) mass is 457 g/mol. The number of nitrogens with zero attached hydrogens (tertiary/aromatic N) is 1. The van der Waals surface area contributed by atoms with Gasteiger partial charge in [0.05, 0.1) is 10.2 Å². The predicted molar refractivity (Wildman–Crippen MR) is 133 cm³/mol. The molecule has 0 spiro atoms. The molecule has 5 nitrogen and oxygen atoms in total. The van der Waals surface area contributed by atoms with Crippen LogP contribution in [0.15, 0.2) is 71.1 Å². The fourth-order valence-electron chi connectivity index (χ4n) is 4.92. The first kappa shape index (κ1) is 21.6. The summed E-state index contributed by atoms with van der Waals surface area (Å²) in [6, 6.07) is 15.9. The average molecular weight is 458 g/mol. The Balaban J connectivity index is 1.57. The maximum atomic E-state index is 13.6. The summed E-state index contributed by atoms with van der Waals surface area (Å²) in [5.41, 5.74) is 5.86. The number of allylic oxidation sites excluding steroid dienone is 3. The largest absolute Gasteiger partial charge is 0.362 e. The lowest BCUT2D eigenvalue weighted by molar-refractivity contribution is -0.118. The third-order valence-electron chi connectivity index (χ3n) is 6.41. The molecular formula is C27H27N3O2S. The Kier molecular flexibility index (Phi) is 5.20. The van der Waals surface area contributed by atoms with Crippen molar-refractivity contribution in [1.82, 2.24) is 10.3 Å². The molecule has 0 saturated carbocycles. The highest BCUT2D eigenvalue weighted by Crippen LogP contribution is 2.46. The molecule has 1 aliphatic carbocycles. The minimum absolute atomic E-state index is 0.108. The summed E-state index contributed by atoms with van der Waals surface area (Å²) in [4.78, 5) is 31.6. The van der Waals surface area contributed by atoms with Crippen molar-refractivity contribution in [2.45, 2.75) is 46.5 Å². The highest BCUT2D eigenvalue weighted by atomic mass is 32.1. The molecule has 168 valence electrons. The van der Waals surface area contributed by atoms with Crippen molar-refractivity contribution in [1.29, 1.82) is 0 Å². The number of carbonyl (C=O) groups excluding carboxylic acids is 2. The van der Waals surface area contributed by atoms with Gasteiger partial charge in [-0.3, -0.25) is 14.9 Å². The standard InChI is InChI=1S/C27H27N3O2S/c1-15-9-11-17(12-10-15)23-22(16(2)28-19-13-27(3,4)14-20(31)24(19)23)25(32)30-26-29-18-7-5-6-8-21(18)33-26/h5-12,23,28H,13-14H2,1-4H3,(H,29,30,32)/t23-/m1/s1. The number of anilines is 1. The molecule has 1 aliphatic heterocycles. The van der Waals surface area contributed by atoms with Crippen LogP contribution >= 0.6 is 11.3 Å². The van der Waals surface area contributed by atoms with Crippen LogP contribution in [0.1, 0.15) is 50.7 Å². The van der Waals surface area contributed by atoms with Crippen molar-refractivity contribution in [3.8, 4) is 0 Å². The predicted octanol–water partition coefficient (Wildman–Crippen LogP) is 5.85. The number of para-hydroxylation sites is 1. The van der Waals surface area contributed by atoms with Crippen molar-refractivity contribution in [2.24, 2.45) is 5.41 Å². The highest BCUT2D eigenvalue weighted by Gasteiger charge is 2.42. The van der Waals surface area contributed by atoms with E-state index in [2.05, 4.69) is 29.5 Å². The van der Waals surface area contributed by atoms with E-state index in [0.717, 1.165) is 44.7 Å². The summed E-state index contributed by atoms with van der Waals surface area (Å²) >= 11 is 1.45. The molecule has 2 aromatic carbocycles. The lowest BCUT2D eigenvalue weighted by Crippen LogP contribution is -2.39. The number of ketones is 1. The number of aromatic nitrogens is 1. The maximum Gasteiger partial charge on any atom is 0.256 e. The van der Waals surface area contributed by atoms with Crippen LogP contribution in [0.2, 0.25) is 0 Å². The van der Waals surface area contributed by atoms with E-state index < -0.39 is 5.92 Å². The van der Waals surface area contributed by atoms with E-state index in [0.29, 0.717) is 17.1 Å². The minimum atomic E-state index is -0.403. The molecule has 6 heteroatoms. The molecule has 0 unspecified atom stereocenters. The first-order valence-electron chi connectivity index (χ1n) is 11.2. The number of nitrogens with one attached hydrogen (secondary N) is 2. The molecule has 2 N–H and O–H groups in total. The molecule has 5 rings (SSSR count). The molecule has 0 radical (unpaired) electrons. The first-order chi connectivity index (χ1) is 15.7. The molecule has 0 saturated heterocycles. The van der Waals surface area contributed by atoms with Crippen molar-refractivity contribution < 1.29 is 9.59 Å². The summed E-state index contributed by atoms with van der Waals surface area (Å²) < 4.78 is 1.02. The van der Waals surface area contributed by atoms with Gasteiger partial charge < -0.3 is 5.32 Å². The number of amides is 1. The topological polar surface area (TPSA) is 71.1 Å². The summed E-state index contributed by atoms with van der Waals surface area (Å²) in [5, 5.41) is 6.98. The fraction of sp³-hybridized carbons (Fsp3) is 0.296. The van der Waals surface area contributed by atoms with Crippen LogP contribution in [-0.2, 0) is 9.59 Å². The third kappa shape index (κ3) is 4.00. The van der Waals surface area contributed by atoms with E-state index in [1.165, 1.54) is 11.3 Å². The Bertz CT molecular complexity index is 1310. The highest BCUT2D eigenvalue weighted by molar-refractivity contribution is 7.22. The number of hydrogen-bond donors (Lipinski definition) is 2. The van der Waals surface area contributed by atoms with E-state index in [1.54, 1.807) is 0 Å². The molecule has 2 aliphatic rings. The molecule has 1 aromatic heterocycles. The second kappa shape index (κ2) is 7.96. The molecule has 0 bridgehead atoms. The van der Waals surface area contributed by atoms with Crippen LogP contribution in [0.4, 0.5) is 5.13 Å². The number of dihydropyridines is 1. The lowest BCUT2D eigenvalue weighted by Gasteiger charge is -2.39. The molecule has 2 heterocycles. The SMILES string of the molecule is CC1=C(C(=O)Nc2nc3ccccc3s2)[C@@H](c2ccc(C)cc2)C2=C(CC(C)(C)CC2=O)N1. The quantitative estimate of drug-likeness (QED) is 0.518. The van der Waals surface area contributed by atoms with Gasteiger partial charge in [0.15, 0.2) is 10.9 Å². The average Bonchev–Trinajstić information content (AvgIpc) is 3.14. The molecule has 1 amide bonds. The van der Waals surface area contributed by atoms with Gasteiger partial charge >= 0.3 is 0 Å². The number of rotatable bonds is 3. The Hall–Kier alpha value is -3.25. The van der Waals surface area contributed by atoms with E-state index in [4.69, 9.17) is 0 Å². The molecule has 0 fully saturated rings. The Labute approximate surface area is 197 Å². The van der Waals surface area contributed by atoms with Gasteiger partial charge in [0, 0.05) is 34.9 Å². The smallest absolute Gasteiger partial charge is 0.256 e. The van der Waals surface area contributed by atoms with Gasteiger partial charge in [-0.25, -0.2) is 4.98 Å². The van der Waals surface area contributed by atoms with E-state index in [1.807, 2.05) is 62.4 Å². The van der Waals surface area contributed by atoms with Gasteiger partial charge in [0.2, 0.25) is 0 Å². The number of hydrogen-bond acceptors (Lipinski definition) is 5. The molecule has 1 atom stereocenters. The van der Waals surface area contributed by atoms with Crippen molar-refractivity contribution in [3.63, 3.8) is 0 Å². The zero-order valence-corrected chi connectivity index (χ0v) is 20.1. The number of aryl methyl sites for hydroxylation is 1. The first-order valence-corrected chi connectivity index (χ1v) is 12.0. The van der Waals surface area contributed by atoms with E-state index >= 15 is 0 Å². The number of benzene rings is 2. The Morgan fingerprint density at radius 2 is 1.82 bits per heavy atom. The van der Waals surface area contributed by atoms with Crippen molar-refractivity contribution in [2.75, 3.05) is 5.32 Å².